The van der Waals surface area contributed by atoms with Crippen molar-refractivity contribution in [2.45, 2.75) is 44.9 Å². The first-order chi connectivity index (χ1) is 21.9. The summed E-state index contributed by atoms with van der Waals surface area (Å²) in [5.74, 6) is 6.02. The number of pyridine rings is 1. The Kier molecular flexibility index (Phi) is 7.84. The number of hydrogen-bond acceptors (Lipinski definition) is 6. The summed E-state index contributed by atoms with van der Waals surface area (Å²) in [6.07, 6.45) is 7.83. The lowest BCUT2D eigenvalue weighted by Gasteiger charge is -2.30. The topological polar surface area (TPSA) is 87.9 Å². The lowest BCUT2D eigenvalue weighted by molar-refractivity contribution is 0.202. The molecule has 8 nitrogen and oxygen atoms in total. The Morgan fingerprint density at radius 1 is 0.867 bits per heavy atom. The van der Waals surface area contributed by atoms with Crippen molar-refractivity contribution in [3.05, 3.63) is 108 Å². The molecule has 1 N–H and O–H groups in total. The maximum absolute atomic E-state index is 5.06. The summed E-state index contributed by atoms with van der Waals surface area (Å²) >= 11 is 0. The number of piperidine rings is 1. The van der Waals surface area contributed by atoms with Gasteiger partial charge in [-0.15, -0.1) is 5.54 Å². The van der Waals surface area contributed by atoms with Crippen molar-refractivity contribution in [3.8, 4) is 45.4 Å². The van der Waals surface area contributed by atoms with Gasteiger partial charge in [0.05, 0.1) is 11.9 Å². The Hall–Kier alpha value is -4.91. The van der Waals surface area contributed by atoms with Crippen molar-refractivity contribution in [3.63, 3.8) is 0 Å². The number of aromatic nitrogens is 7. The second-order valence-corrected chi connectivity index (χ2v) is 17.4. The minimum Gasteiger partial charge on any atom is -0.299 e. The number of benzene rings is 2. The van der Waals surface area contributed by atoms with Gasteiger partial charge in [-0.3, -0.25) is 19.4 Å². The van der Waals surface area contributed by atoms with Crippen LogP contribution in [0.25, 0.3) is 39.7 Å². The predicted molar refractivity (Wildman–Crippen MR) is 181 cm³/mol. The van der Waals surface area contributed by atoms with Crippen LogP contribution in [0.1, 0.15) is 35.8 Å². The molecule has 0 spiro atoms. The van der Waals surface area contributed by atoms with Crippen LogP contribution >= 0.6 is 0 Å². The van der Waals surface area contributed by atoms with Crippen molar-refractivity contribution in [1.29, 1.82) is 0 Å². The predicted octanol–water partition coefficient (Wildman–Crippen LogP) is 6.85. The summed E-state index contributed by atoms with van der Waals surface area (Å²) in [5.41, 5.74) is 10.6. The molecule has 0 amide bonds. The van der Waals surface area contributed by atoms with Crippen molar-refractivity contribution in [1.82, 2.24) is 39.4 Å². The third-order valence-electron chi connectivity index (χ3n) is 8.15. The fraction of sp³-hybridized carbons (Fsp3) is 0.250. The van der Waals surface area contributed by atoms with Crippen molar-refractivity contribution < 1.29 is 0 Å². The lowest BCUT2D eigenvalue weighted by atomic mass is 9.95. The summed E-state index contributed by atoms with van der Waals surface area (Å²) in [5, 5.41) is 7.59. The zero-order valence-corrected chi connectivity index (χ0v) is 26.9. The molecule has 2 aromatic carbocycles. The molecule has 1 aliphatic heterocycles. The molecule has 6 aromatic rings. The van der Waals surface area contributed by atoms with Gasteiger partial charge in [0.2, 0.25) is 5.78 Å². The highest BCUT2D eigenvalue weighted by atomic mass is 28.3. The molecule has 224 valence electrons. The van der Waals surface area contributed by atoms with Crippen LogP contribution in [0.5, 0.6) is 0 Å². The summed E-state index contributed by atoms with van der Waals surface area (Å²) in [4.78, 5) is 21.3. The van der Waals surface area contributed by atoms with Gasteiger partial charge >= 0.3 is 0 Å². The molecule has 4 aromatic heterocycles. The van der Waals surface area contributed by atoms with E-state index in [1.54, 1.807) is 6.20 Å². The van der Waals surface area contributed by atoms with E-state index in [2.05, 4.69) is 111 Å². The minimum atomic E-state index is -1.53. The van der Waals surface area contributed by atoms with E-state index < -0.39 is 8.07 Å². The molecule has 0 bridgehead atoms. The van der Waals surface area contributed by atoms with E-state index in [1.807, 2.05) is 34.9 Å². The first-order valence-electron chi connectivity index (χ1n) is 15.5. The van der Waals surface area contributed by atoms with E-state index in [0.29, 0.717) is 11.7 Å². The first kappa shape index (κ1) is 28.8. The molecule has 0 unspecified atom stereocenters. The van der Waals surface area contributed by atoms with E-state index in [-0.39, 0.29) is 0 Å². The lowest BCUT2D eigenvalue weighted by Crippen LogP contribution is -2.32. The largest absolute Gasteiger partial charge is 0.299 e. The molecule has 45 heavy (non-hydrogen) atoms. The van der Waals surface area contributed by atoms with Crippen LogP contribution in [0.15, 0.2) is 91.4 Å². The number of imidazole rings is 1. The van der Waals surface area contributed by atoms with Crippen LogP contribution < -0.4 is 0 Å². The fourth-order valence-corrected chi connectivity index (χ4v) is 6.26. The molecule has 5 heterocycles. The van der Waals surface area contributed by atoms with Crippen molar-refractivity contribution in [2.24, 2.45) is 0 Å². The van der Waals surface area contributed by atoms with Crippen LogP contribution in [0.3, 0.4) is 0 Å². The van der Waals surface area contributed by atoms with Gasteiger partial charge in [0.25, 0.3) is 0 Å². The van der Waals surface area contributed by atoms with Crippen LogP contribution in [0.2, 0.25) is 19.6 Å². The normalized spacial score (nSPS) is 14.4. The molecule has 1 aliphatic rings. The molecule has 1 saturated heterocycles. The molecule has 1 fully saturated rings. The monoisotopic (exact) mass is 608 g/mol. The smallest absolute Gasteiger partial charge is 0.235 e. The number of hydrogen-bond donors (Lipinski definition) is 1. The average Bonchev–Trinajstić information content (AvgIpc) is 3.72. The Balaban J connectivity index is 1.07. The highest BCUT2D eigenvalue weighted by molar-refractivity contribution is 6.83. The van der Waals surface area contributed by atoms with E-state index in [1.165, 1.54) is 5.56 Å². The van der Waals surface area contributed by atoms with Gasteiger partial charge < -0.3 is 0 Å². The molecule has 0 atom stereocenters. The zero-order valence-electron chi connectivity index (χ0n) is 25.9. The molecule has 0 radical (unpaired) electrons. The number of H-pyrrole nitrogens is 1. The van der Waals surface area contributed by atoms with E-state index in [9.17, 15) is 0 Å². The zero-order chi connectivity index (χ0) is 30.8. The Labute approximate surface area is 264 Å². The molecular formula is C36H36N8Si. The maximum Gasteiger partial charge on any atom is 0.235 e. The third-order valence-corrected chi connectivity index (χ3v) is 9.02. The number of nitrogens with one attached hydrogen (secondary N) is 1. The fourth-order valence-electron chi connectivity index (χ4n) is 5.75. The maximum atomic E-state index is 5.06. The molecule has 7 rings (SSSR count). The number of fused-ring (bicyclic) bond motifs is 1. The summed E-state index contributed by atoms with van der Waals surface area (Å²) in [6.45, 7) is 9.69. The van der Waals surface area contributed by atoms with Crippen LogP contribution in [-0.2, 0) is 6.54 Å². The molecule has 0 aliphatic carbocycles. The summed E-state index contributed by atoms with van der Waals surface area (Å²) < 4.78 is 2.02. The van der Waals surface area contributed by atoms with Crippen LogP contribution in [-0.4, -0.2) is 60.6 Å². The van der Waals surface area contributed by atoms with Crippen LogP contribution in [0, 0.1) is 11.5 Å². The Morgan fingerprint density at radius 3 is 2.38 bits per heavy atom. The van der Waals surface area contributed by atoms with Gasteiger partial charge in [-0.05, 0) is 49.2 Å². The van der Waals surface area contributed by atoms with Gasteiger partial charge in [0.1, 0.15) is 19.5 Å². The summed E-state index contributed by atoms with van der Waals surface area (Å²) in [7, 11) is -1.53. The summed E-state index contributed by atoms with van der Waals surface area (Å²) in [6, 6.07) is 25.1. The quantitative estimate of drug-likeness (QED) is 0.164. The second kappa shape index (κ2) is 12.2. The first-order valence-corrected chi connectivity index (χ1v) is 19.0. The van der Waals surface area contributed by atoms with Gasteiger partial charge in [-0.25, -0.2) is 15.0 Å². The molecule has 9 heteroatoms. The number of aromatic amines is 1. The number of likely N-dealkylation sites (tertiary alicyclic amines) is 1. The van der Waals surface area contributed by atoms with Gasteiger partial charge in [0, 0.05) is 36.0 Å². The van der Waals surface area contributed by atoms with Crippen molar-refractivity contribution >= 4 is 13.9 Å². The SMILES string of the molecule is C[Si](C)(C)C#Cc1cnc2nc(-c3ccc(CN4CCC(c5n[nH]c(-c6ccccn6)n5)CC4)cc3)c(-c3ccccc3)cn12. The van der Waals surface area contributed by atoms with Gasteiger partial charge in [-0.2, -0.15) is 5.10 Å². The van der Waals surface area contributed by atoms with E-state index in [4.69, 9.17) is 9.97 Å². The van der Waals surface area contributed by atoms with E-state index in [0.717, 1.165) is 77.9 Å². The third kappa shape index (κ3) is 6.48. The highest BCUT2D eigenvalue weighted by Crippen LogP contribution is 2.32. The number of rotatable bonds is 6. The van der Waals surface area contributed by atoms with Crippen molar-refractivity contribution in [2.75, 3.05) is 13.1 Å². The molecular weight excluding hydrogens is 573 g/mol. The van der Waals surface area contributed by atoms with Gasteiger partial charge in [-0.1, -0.05) is 86.2 Å². The Bertz CT molecular complexity index is 1970. The minimum absolute atomic E-state index is 0.361. The second-order valence-electron chi connectivity index (χ2n) is 12.7. The number of nitrogens with zero attached hydrogens (tertiary/aromatic N) is 7. The molecule has 0 saturated carbocycles. The Morgan fingerprint density at radius 2 is 1.64 bits per heavy atom. The van der Waals surface area contributed by atoms with Crippen LogP contribution in [0.4, 0.5) is 0 Å². The van der Waals surface area contributed by atoms with E-state index >= 15 is 0 Å². The van der Waals surface area contributed by atoms with Gasteiger partial charge in [0.15, 0.2) is 11.6 Å². The highest BCUT2D eigenvalue weighted by Gasteiger charge is 2.24. The average molecular weight is 609 g/mol. The standard InChI is InChI=1S/C36H36N8Si/c1-45(2,3)22-18-30-23-38-36-39-33(31(25-44(30)36)27-9-5-4-6-10-27)28-14-12-26(13-15-28)24-43-20-16-29(17-21-43)34-40-35(42-41-34)32-11-7-8-19-37-32/h4-15,19,23,25,29H,16-17,20-21,24H2,1-3H3,(H,40,41,42).